The number of halogens is 2. The van der Waals surface area contributed by atoms with Crippen LogP contribution in [0.4, 0.5) is 14.5 Å². The number of nitrogens with zero attached hydrogens (tertiary/aromatic N) is 1. The van der Waals surface area contributed by atoms with Crippen LogP contribution < -0.4 is 16.4 Å². The van der Waals surface area contributed by atoms with Gasteiger partial charge in [0.1, 0.15) is 17.3 Å². The van der Waals surface area contributed by atoms with Crippen LogP contribution in [0.3, 0.4) is 0 Å². The highest BCUT2D eigenvalue weighted by Gasteiger charge is 2.21. The van der Waals surface area contributed by atoms with Gasteiger partial charge in [-0.25, -0.2) is 8.78 Å². The van der Waals surface area contributed by atoms with E-state index in [1.165, 1.54) is 4.90 Å². The van der Waals surface area contributed by atoms with Crippen LogP contribution in [-0.4, -0.2) is 18.5 Å². The van der Waals surface area contributed by atoms with Crippen molar-refractivity contribution in [3.8, 4) is 0 Å². The molecule has 4 N–H and O–H groups in total. The molecule has 0 spiro atoms. The highest BCUT2D eigenvalue weighted by atomic mass is 19.1. The summed E-state index contributed by atoms with van der Waals surface area (Å²) in [5.41, 5.74) is 10.5. The molecule has 18 heavy (non-hydrogen) atoms. The molecule has 4 nitrogen and oxygen atoms in total. The molecule has 1 amide bonds. The van der Waals surface area contributed by atoms with E-state index in [9.17, 15) is 13.6 Å². The molecule has 0 aliphatic heterocycles. The number of rotatable bonds is 5. The Hall–Kier alpha value is -1.69. The zero-order chi connectivity index (χ0) is 13.9. The van der Waals surface area contributed by atoms with E-state index in [2.05, 4.69) is 0 Å². The zero-order valence-corrected chi connectivity index (χ0v) is 10.4. The lowest BCUT2D eigenvalue weighted by atomic mass is 10.1. The highest BCUT2D eigenvalue weighted by molar-refractivity contribution is 5.79. The minimum atomic E-state index is -0.745. The summed E-state index contributed by atoms with van der Waals surface area (Å²) in [5.74, 6) is -2.14. The Bertz CT molecular complexity index is 426. The normalized spacial score (nSPS) is 10.8. The fourth-order valence-corrected chi connectivity index (χ4v) is 1.70. The summed E-state index contributed by atoms with van der Waals surface area (Å²) in [6.07, 6.45) is 0. The van der Waals surface area contributed by atoms with Gasteiger partial charge < -0.3 is 16.4 Å². The topological polar surface area (TPSA) is 72.3 Å². The van der Waals surface area contributed by atoms with Crippen LogP contribution >= 0.6 is 0 Å². The first-order valence-corrected chi connectivity index (χ1v) is 5.59. The summed E-state index contributed by atoms with van der Waals surface area (Å²) in [4.78, 5) is 12.2. The summed E-state index contributed by atoms with van der Waals surface area (Å²) >= 11 is 0. The molecular weight excluding hydrogens is 240 g/mol. The minimum absolute atomic E-state index is 0.0472. The molecule has 0 bridgehead atoms. The fourth-order valence-electron chi connectivity index (χ4n) is 1.70. The second-order valence-corrected chi connectivity index (χ2v) is 4.30. The number of hydrogen-bond donors (Lipinski definition) is 2. The van der Waals surface area contributed by atoms with Crippen LogP contribution in [0.1, 0.15) is 19.4 Å². The van der Waals surface area contributed by atoms with E-state index in [0.717, 1.165) is 12.1 Å². The van der Waals surface area contributed by atoms with Gasteiger partial charge in [-0.2, -0.15) is 0 Å². The summed E-state index contributed by atoms with van der Waals surface area (Å²) in [5, 5.41) is 0. The first kappa shape index (κ1) is 14.4. The SMILES string of the molecule is CC(C)N(CC(N)=O)c1c(F)cc(CN)cc1F. The highest BCUT2D eigenvalue weighted by Crippen LogP contribution is 2.26. The summed E-state index contributed by atoms with van der Waals surface area (Å²) in [6.45, 7) is 3.25. The number of anilines is 1. The van der Waals surface area contributed by atoms with Crippen molar-refractivity contribution < 1.29 is 13.6 Å². The first-order chi connectivity index (χ1) is 8.36. The fraction of sp³-hybridized carbons (Fsp3) is 0.417. The lowest BCUT2D eigenvalue weighted by Gasteiger charge is -2.28. The molecule has 0 radical (unpaired) electrons. The molecule has 1 aromatic rings. The third-order valence-electron chi connectivity index (χ3n) is 2.55. The Morgan fingerprint density at radius 3 is 2.17 bits per heavy atom. The van der Waals surface area contributed by atoms with Crippen LogP contribution in [-0.2, 0) is 11.3 Å². The van der Waals surface area contributed by atoms with E-state index >= 15 is 0 Å². The Labute approximate surface area is 105 Å². The Balaban J connectivity index is 3.23. The third kappa shape index (κ3) is 3.16. The Morgan fingerprint density at radius 2 is 1.83 bits per heavy atom. The lowest BCUT2D eigenvalue weighted by Crippen LogP contribution is -2.39. The molecule has 6 heteroatoms. The summed E-state index contributed by atoms with van der Waals surface area (Å²) in [7, 11) is 0. The van der Waals surface area contributed by atoms with Crippen LogP contribution in [0.25, 0.3) is 0 Å². The van der Waals surface area contributed by atoms with Gasteiger partial charge >= 0.3 is 0 Å². The number of carbonyl (C=O) groups excluding carboxylic acids is 1. The molecule has 0 aliphatic carbocycles. The molecule has 100 valence electrons. The van der Waals surface area contributed by atoms with Crippen LogP contribution in [0.5, 0.6) is 0 Å². The van der Waals surface area contributed by atoms with Gasteiger partial charge in [0, 0.05) is 12.6 Å². The van der Waals surface area contributed by atoms with E-state index in [1.54, 1.807) is 13.8 Å². The van der Waals surface area contributed by atoms with E-state index in [4.69, 9.17) is 11.5 Å². The summed E-state index contributed by atoms with van der Waals surface area (Å²) in [6, 6.07) is 2.06. The van der Waals surface area contributed by atoms with E-state index in [-0.39, 0.29) is 24.8 Å². The van der Waals surface area contributed by atoms with Crippen LogP contribution in [0.2, 0.25) is 0 Å². The quantitative estimate of drug-likeness (QED) is 0.830. The maximum absolute atomic E-state index is 13.9. The largest absolute Gasteiger partial charge is 0.368 e. The van der Waals surface area contributed by atoms with Crippen LogP contribution in [0, 0.1) is 11.6 Å². The van der Waals surface area contributed by atoms with Gasteiger partial charge in [-0.15, -0.1) is 0 Å². The smallest absolute Gasteiger partial charge is 0.236 e. The van der Waals surface area contributed by atoms with Crippen molar-refractivity contribution in [2.45, 2.75) is 26.4 Å². The standard InChI is InChI=1S/C12H17F2N3O/c1-7(2)17(6-11(16)18)12-9(13)3-8(5-15)4-10(12)14/h3-4,7H,5-6,15H2,1-2H3,(H2,16,18). The molecule has 0 atom stereocenters. The second kappa shape index (κ2) is 5.77. The Morgan fingerprint density at radius 1 is 1.33 bits per heavy atom. The van der Waals surface area contributed by atoms with Crippen molar-refractivity contribution in [3.63, 3.8) is 0 Å². The maximum atomic E-state index is 13.9. The number of nitrogens with two attached hydrogens (primary N) is 2. The van der Waals surface area contributed by atoms with Gasteiger partial charge in [-0.3, -0.25) is 4.79 Å². The molecule has 0 unspecified atom stereocenters. The minimum Gasteiger partial charge on any atom is -0.368 e. The molecule has 0 fully saturated rings. The average molecular weight is 257 g/mol. The van der Waals surface area contributed by atoms with Gasteiger partial charge in [0.15, 0.2) is 0 Å². The van der Waals surface area contributed by atoms with Gasteiger partial charge in [-0.05, 0) is 31.5 Å². The van der Waals surface area contributed by atoms with E-state index in [1.807, 2.05) is 0 Å². The lowest BCUT2D eigenvalue weighted by molar-refractivity contribution is -0.116. The van der Waals surface area contributed by atoms with Crippen LogP contribution in [0.15, 0.2) is 12.1 Å². The van der Waals surface area contributed by atoms with E-state index in [0.29, 0.717) is 5.56 Å². The molecule has 0 aliphatic rings. The van der Waals surface area contributed by atoms with Gasteiger partial charge in [0.2, 0.25) is 5.91 Å². The van der Waals surface area contributed by atoms with Crippen molar-refractivity contribution in [1.82, 2.24) is 0 Å². The molecule has 0 saturated heterocycles. The second-order valence-electron chi connectivity index (χ2n) is 4.30. The predicted octanol–water partition coefficient (Wildman–Crippen LogP) is 1.12. The number of primary amides is 1. The first-order valence-electron chi connectivity index (χ1n) is 5.59. The number of benzene rings is 1. The number of amides is 1. The third-order valence-corrected chi connectivity index (χ3v) is 2.55. The number of carbonyl (C=O) groups is 1. The molecule has 1 aromatic carbocycles. The van der Waals surface area contributed by atoms with Gasteiger partial charge in [0.25, 0.3) is 0 Å². The molecule has 0 saturated carbocycles. The van der Waals surface area contributed by atoms with E-state index < -0.39 is 17.5 Å². The van der Waals surface area contributed by atoms with Crippen molar-refractivity contribution in [1.29, 1.82) is 0 Å². The maximum Gasteiger partial charge on any atom is 0.236 e. The van der Waals surface area contributed by atoms with Crippen molar-refractivity contribution in [2.24, 2.45) is 11.5 Å². The molecule has 0 heterocycles. The van der Waals surface area contributed by atoms with Gasteiger partial charge in [-0.1, -0.05) is 0 Å². The Kier molecular flexibility index (Phi) is 4.61. The monoisotopic (exact) mass is 257 g/mol. The average Bonchev–Trinajstić information content (AvgIpc) is 2.25. The molecule has 0 aromatic heterocycles. The van der Waals surface area contributed by atoms with Crippen molar-refractivity contribution in [2.75, 3.05) is 11.4 Å². The number of hydrogen-bond acceptors (Lipinski definition) is 3. The van der Waals surface area contributed by atoms with Crippen molar-refractivity contribution in [3.05, 3.63) is 29.3 Å². The zero-order valence-electron chi connectivity index (χ0n) is 10.4. The molecular formula is C12H17F2N3O. The predicted molar refractivity (Wildman–Crippen MR) is 65.9 cm³/mol. The summed E-state index contributed by atoms with van der Waals surface area (Å²) < 4.78 is 27.7. The molecule has 1 rings (SSSR count). The van der Waals surface area contributed by atoms with Crippen molar-refractivity contribution >= 4 is 11.6 Å². The van der Waals surface area contributed by atoms with Gasteiger partial charge in [0.05, 0.1) is 6.54 Å².